The first-order valence-corrected chi connectivity index (χ1v) is 5.90. The van der Waals surface area contributed by atoms with Gasteiger partial charge in [0.25, 0.3) is 0 Å². The molecular weight excluding hydrogens is 158 g/mol. The summed E-state index contributed by atoms with van der Waals surface area (Å²) in [6.45, 7) is 7.87. The van der Waals surface area contributed by atoms with Gasteiger partial charge in [-0.1, -0.05) is 52.9 Å². The van der Waals surface area contributed by atoms with E-state index < -0.39 is 0 Å². The summed E-state index contributed by atoms with van der Waals surface area (Å²) in [6.07, 6.45) is 8.02. The van der Waals surface area contributed by atoms with Crippen molar-refractivity contribution in [3.8, 4) is 0 Å². The molecule has 0 aliphatic carbocycles. The second-order valence-corrected chi connectivity index (χ2v) is 4.48. The van der Waals surface area contributed by atoms with E-state index in [2.05, 4.69) is 20.8 Å². The van der Waals surface area contributed by atoms with E-state index in [1.807, 2.05) is 0 Å². The maximum absolute atomic E-state index is 5.46. The van der Waals surface area contributed by atoms with Crippen LogP contribution in [-0.4, -0.2) is 6.54 Å². The van der Waals surface area contributed by atoms with Crippen LogP contribution in [0.5, 0.6) is 0 Å². The van der Waals surface area contributed by atoms with Gasteiger partial charge in [0.05, 0.1) is 0 Å². The molecule has 2 atom stereocenters. The molecule has 0 aromatic rings. The Bertz CT molecular complexity index is 101. The Morgan fingerprint density at radius 3 is 2.08 bits per heavy atom. The topological polar surface area (TPSA) is 26.0 Å². The first-order chi connectivity index (χ1) is 6.20. The van der Waals surface area contributed by atoms with Crippen molar-refractivity contribution in [1.29, 1.82) is 0 Å². The highest BCUT2D eigenvalue weighted by atomic mass is 14.5. The third-order valence-corrected chi connectivity index (χ3v) is 3.00. The van der Waals surface area contributed by atoms with Crippen LogP contribution < -0.4 is 5.73 Å². The van der Waals surface area contributed by atoms with E-state index in [0.717, 1.165) is 18.4 Å². The minimum absolute atomic E-state index is 0.859. The number of hydrogen-bond acceptors (Lipinski definition) is 1. The third kappa shape index (κ3) is 8.29. The minimum atomic E-state index is 0.859. The molecule has 0 aliphatic heterocycles. The molecule has 0 saturated carbocycles. The molecular formula is C12H27N. The Hall–Kier alpha value is -0.0400. The van der Waals surface area contributed by atoms with E-state index in [1.54, 1.807) is 0 Å². The molecule has 13 heavy (non-hydrogen) atoms. The fraction of sp³-hybridized carbons (Fsp3) is 1.00. The van der Waals surface area contributed by atoms with Crippen LogP contribution >= 0.6 is 0 Å². The summed E-state index contributed by atoms with van der Waals surface area (Å²) < 4.78 is 0. The van der Waals surface area contributed by atoms with Crippen LogP contribution in [0.25, 0.3) is 0 Å². The van der Waals surface area contributed by atoms with Crippen LogP contribution in [-0.2, 0) is 0 Å². The highest BCUT2D eigenvalue weighted by Crippen LogP contribution is 2.18. The molecule has 0 heterocycles. The molecule has 0 fully saturated rings. The maximum atomic E-state index is 5.46. The van der Waals surface area contributed by atoms with Crippen molar-refractivity contribution in [1.82, 2.24) is 0 Å². The lowest BCUT2D eigenvalue weighted by Crippen LogP contribution is -2.02. The Balaban J connectivity index is 3.24. The quantitative estimate of drug-likeness (QED) is 0.575. The highest BCUT2D eigenvalue weighted by Gasteiger charge is 2.04. The van der Waals surface area contributed by atoms with E-state index in [9.17, 15) is 0 Å². The van der Waals surface area contributed by atoms with E-state index in [1.165, 1.54) is 38.5 Å². The van der Waals surface area contributed by atoms with Gasteiger partial charge in [-0.3, -0.25) is 0 Å². The zero-order valence-electron chi connectivity index (χ0n) is 9.68. The molecule has 2 unspecified atom stereocenters. The van der Waals surface area contributed by atoms with Crippen molar-refractivity contribution in [2.24, 2.45) is 17.6 Å². The largest absolute Gasteiger partial charge is 0.330 e. The zero-order valence-corrected chi connectivity index (χ0v) is 9.68. The maximum Gasteiger partial charge on any atom is -0.00773 e. The zero-order chi connectivity index (χ0) is 10.1. The number of nitrogens with two attached hydrogens (primary N) is 1. The van der Waals surface area contributed by atoms with Crippen LogP contribution in [0, 0.1) is 11.8 Å². The fourth-order valence-electron chi connectivity index (χ4n) is 1.55. The molecule has 1 heteroatoms. The predicted octanol–water partition coefficient (Wildman–Crippen LogP) is 3.58. The summed E-state index contributed by atoms with van der Waals surface area (Å²) in [7, 11) is 0. The summed E-state index contributed by atoms with van der Waals surface area (Å²) in [5, 5.41) is 0. The molecule has 0 aliphatic rings. The molecule has 0 spiro atoms. The molecule has 0 saturated heterocycles. The predicted molar refractivity (Wildman–Crippen MR) is 60.8 cm³/mol. The van der Waals surface area contributed by atoms with Crippen molar-refractivity contribution < 1.29 is 0 Å². The van der Waals surface area contributed by atoms with Gasteiger partial charge in [-0.05, 0) is 24.8 Å². The average Bonchev–Trinajstić information content (AvgIpc) is 2.14. The summed E-state index contributed by atoms with van der Waals surface area (Å²) in [5.41, 5.74) is 5.46. The van der Waals surface area contributed by atoms with E-state index in [0.29, 0.717) is 0 Å². The normalized spacial score (nSPS) is 15.7. The molecule has 80 valence electrons. The second kappa shape index (κ2) is 8.55. The number of unbranched alkanes of at least 4 members (excludes halogenated alkanes) is 1. The van der Waals surface area contributed by atoms with Gasteiger partial charge in [0, 0.05) is 0 Å². The molecule has 1 nitrogen and oxygen atoms in total. The Labute approximate surface area is 84.1 Å². The van der Waals surface area contributed by atoms with Gasteiger partial charge in [-0.2, -0.15) is 0 Å². The van der Waals surface area contributed by atoms with Gasteiger partial charge in [0.15, 0.2) is 0 Å². The molecule has 0 aromatic carbocycles. The summed E-state index contributed by atoms with van der Waals surface area (Å²) >= 11 is 0. The van der Waals surface area contributed by atoms with Crippen LogP contribution in [0.15, 0.2) is 0 Å². The lowest BCUT2D eigenvalue weighted by molar-refractivity contribution is 0.396. The SMILES string of the molecule is CCC(C)CCC(C)CCCCN. The Morgan fingerprint density at radius 2 is 1.54 bits per heavy atom. The van der Waals surface area contributed by atoms with Crippen LogP contribution in [0.2, 0.25) is 0 Å². The van der Waals surface area contributed by atoms with Crippen molar-refractivity contribution >= 4 is 0 Å². The molecule has 2 N–H and O–H groups in total. The Kier molecular flexibility index (Phi) is 8.53. The van der Waals surface area contributed by atoms with Crippen molar-refractivity contribution in [2.75, 3.05) is 6.54 Å². The van der Waals surface area contributed by atoms with Gasteiger partial charge in [0.1, 0.15) is 0 Å². The molecule has 0 aromatic heterocycles. The number of rotatable bonds is 8. The van der Waals surface area contributed by atoms with Crippen molar-refractivity contribution in [2.45, 2.75) is 59.3 Å². The summed E-state index contributed by atoms with van der Waals surface area (Å²) in [4.78, 5) is 0. The van der Waals surface area contributed by atoms with Gasteiger partial charge in [-0.15, -0.1) is 0 Å². The van der Waals surface area contributed by atoms with Gasteiger partial charge >= 0.3 is 0 Å². The fourth-order valence-corrected chi connectivity index (χ4v) is 1.55. The van der Waals surface area contributed by atoms with E-state index in [4.69, 9.17) is 5.73 Å². The first kappa shape index (κ1) is 13.0. The van der Waals surface area contributed by atoms with Gasteiger partial charge < -0.3 is 5.73 Å². The molecule has 0 rings (SSSR count). The second-order valence-electron chi connectivity index (χ2n) is 4.48. The van der Waals surface area contributed by atoms with Crippen LogP contribution in [0.1, 0.15) is 59.3 Å². The summed E-state index contributed by atoms with van der Waals surface area (Å²) in [5.74, 6) is 1.82. The summed E-state index contributed by atoms with van der Waals surface area (Å²) in [6, 6.07) is 0. The lowest BCUT2D eigenvalue weighted by Gasteiger charge is -2.13. The standard InChI is InChI=1S/C12H27N/c1-4-11(2)8-9-12(3)7-5-6-10-13/h11-12H,4-10,13H2,1-3H3. The Morgan fingerprint density at radius 1 is 0.923 bits per heavy atom. The lowest BCUT2D eigenvalue weighted by atomic mass is 9.93. The molecule has 0 amide bonds. The van der Waals surface area contributed by atoms with Gasteiger partial charge in [-0.25, -0.2) is 0 Å². The monoisotopic (exact) mass is 185 g/mol. The van der Waals surface area contributed by atoms with E-state index >= 15 is 0 Å². The molecule has 0 radical (unpaired) electrons. The van der Waals surface area contributed by atoms with Crippen molar-refractivity contribution in [3.63, 3.8) is 0 Å². The average molecular weight is 185 g/mol. The van der Waals surface area contributed by atoms with Gasteiger partial charge in [0.2, 0.25) is 0 Å². The van der Waals surface area contributed by atoms with E-state index in [-0.39, 0.29) is 0 Å². The minimum Gasteiger partial charge on any atom is -0.330 e. The smallest absolute Gasteiger partial charge is 0.00773 e. The highest BCUT2D eigenvalue weighted by molar-refractivity contribution is 4.57. The first-order valence-electron chi connectivity index (χ1n) is 5.90. The van der Waals surface area contributed by atoms with Crippen LogP contribution in [0.3, 0.4) is 0 Å². The third-order valence-electron chi connectivity index (χ3n) is 3.00. The van der Waals surface area contributed by atoms with Crippen molar-refractivity contribution in [3.05, 3.63) is 0 Å². The molecule has 0 bridgehead atoms. The van der Waals surface area contributed by atoms with Crippen LogP contribution in [0.4, 0.5) is 0 Å². The number of hydrogen-bond donors (Lipinski definition) is 1.